The molecule has 0 amide bonds. The van der Waals surface area contributed by atoms with Gasteiger partial charge in [0.1, 0.15) is 0 Å². The van der Waals surface area contributed by atoms with Gasteiger partial charge in [0.2, 0.25) is 0 Å². The van der Waals surface area contributed by atoms with Crippen molar-refractivity contribution in [1.29, 1.82) is 0 Å². The smallest absolute Gasteiger partial charge is 0.189 e. The van der Waals surface area contributed by atoms with E-state index in [0.717, 1.165) is 13.0 Å². The summed E-state index contributed by atoms with van der Waals surface area (Å²) in [5.74, 6) is 0.961. The SMILES string of the molecule is CCC(CN=C(N)NC(C)(C)C)c1ccccc1.I. The molecule has 0 aliphatic carbocycles. The van der Waals surface area contributed by atoms with Crippen molar-refractivity contribution in [3.05, 3.63) is 35.9 Å². The molecule has 0 saturated carbocycles. The molecule has 1 atom stereocenters. The third kappa shape index (κ3) is 7.40. The van der Waals surface area contributed by atoms with E-state index in [0.29, 0.717) is 11.9 Å². The number of rotatable bonds is 4. The van der Waals surface area contributed by atoms with Crippen LogP contribution in [0.2, 0.25) is 0 Å². The maximum absolute atomic E-state index is 5.88. The second kappa shape index (κ2) is 8.40. The Bertz CT molecular complexity index is 382. The highest BCUT2D eigenvalue weighted by molar-refractivity contribution is 14.0. The topological polar surface area (TPSA) is 50.4 Å². The number of benzene rings is 1. The fourth-order valence-electron chi connectivity index (χ4n) is 1.83. The summed E-state index contributed by atoms with van der Waals surface area (Å²) in [7, 11) is 0. The Balaban J connectivity index is 0.00000324. The van der Waals surface area contributed by atoms with Gasteiger partial charge in [0.15, 0.2) is 5.96 Å². The highest BCUT2D eigenvalue weighted by atomic mass is 127. The van der Waals surface area contributed by atoms with Crippen molar-refractivity contribution < 1.29 is 0 Å². The van der Waals surface area contributed by atoms with Gasteiger partial charge in [0.25, 0.3) is 0 Å². The number of nitrogens with two attached hydrogens (primary N) is 1. The van der Waals surface area contributed by atoms with E-state index < -0.39 is 0 Å². The normalized spacial score (nSPS) is 13.6. The highest BCUT2D eigenvalue weighted by Gasteiger charge is 2.11. The van der Waals surface area contributed by atoms with Crippen molar-refractivity contribution in [3.63, 3.8) is 0 Å². The maximum atomic E-state index is 5.88. The largest absolute Gasteiger partial charge is 0.370 e. The molecule has 4 heteroatoms. The molecule has 0 heterocycles. The van der Waals surface area contributed by atoms with Crippen molar-refractivity contribution >= 4 is 29.9 Å². The molecule has 0 fully saturated rings. The van der Waals surface area contributed by atoms with Gasteiger partial charge in [-0.3, -0.25) is 4.99 Å². The lowest BCUT2D eigenvalue weighted by Crippen LogP contribution is -2.45. The number of hydrogen-bond acceptors (Lipinski definition) is 1. The van der Waals surface area contributed by atoms with Gasteiger partial charge in [-0.25, -0.2) is 0 Å². The minimum atomic E-state index is -0.0396. The summed E-state index contributed by atoms with van der Waals surface area (Å²) in [6.07, 6.45) is 1.07. The van der Waals surface area contributed by atoms with Crippen molar-refractivity contribution in [3.8, 4) is 0 Å². The Morgan fingerprint density at radius 1 is 1.26 bits per heavy atom. The molecule has 0 radical (unpaired) electrons. The molecule has 1 rings (SSSR count). The Labute approximate surface area is 134 Å². The standard InChI is InChI=1S/C15H25N3.HI/c1-5-12(13-9-7-6-8-10-13)11-17-14(16)18-15(2,3)4;/h6-10,12H,5,11H2,1-4H3,(H3,16,17,18);1H. The van der Waals surface area contributed by atoms with E-state index in [1.807, 2.05) is 6.07 Å². The van der Waals surface area contributed by atoms with E-state index >= 15 is 0 Å². The maximum Gasteiger partial charge on any atom is 0.189 e. The van der Waals surface area contributed by atoms with Crippen LogP contribution in [0.1, 0.15) is 45.6 Å². The summed E-state index contributed by atoms with van der Waals surface area (Å²) in [4.78, 5) is 4.44. The van der Waals surface area contributed by atoms with Crippen LogP contribution in [-0.4, -0.2) is 18.0 Å². The van der Waals surface area contributed by atoms with E-state index in [9.17, 15) is 0 Å². The highest BCUT2D eigenvalue weighted by Crippen LogP contribution is 2.19. The van der Waals surface area contributed by atoms with Crippen LogP contribution < -0.4 is 11.1 Å². The third-order valence-electron chi connectivity index (χ3n) is 2.75. The molecule has 108 valence electrons. The van der Waals surface area contributed by atoms with Gasteiger partial charge in [-0.15, -0.1) is 24.0 Å². The van der Waals surface area contributed by atoms with Gasteiger partial charge >= 0.3 is 0 Å². The average molecular weight is 375 g/mol. The molecule has 3 N–H and O–H groups in total. The van der Waals surface area contributed by atoms with Crippen LogP contribution >= 0.6 is 24.0 Å². The molecule has 0 aliphatic heterocycles. The molecule has 3 nitrogen and oxygen atoms in total. The second-order valence-electron chi connectivity index (χ2n) is 5.62. The predicted octanol–water partition coefficient (Wildman–Crippen LogP) is 3.50. The number of nitrogens with zero attached hydrogens (tertiary/aromatic N) is 1. The molecule has 1 aromatic carbocycles. The minimum Gasteiger partial charge on any atom is -0.370 e. The van der Waals surface area contributed by atoms with Crippen LogP contribution in [0.3, 0.4) is 0 Å². The van der Waals surface area contributed by atoms with Crippen LogP contribution in [-0.2, 0) is 0 Å². The molecular formula is C15H26IN3. The lowest BCUT2D eigenvalue weighted by Gasteiger charge is -2.21. The van der Waals surface area contributed by atoms with E-state index in [2.05, 4.69) is 62.3 Å². The second-order valence-corrected chi connectivity index (χ2v) is 5.62. The van der Waals surface area contributed by atoms with Gasteiger partial charge in [-0.05, 0) is 32.8 Å². The lowest BCUT2D eigenvalue weighted by atomic mass is 9.97. The molecule has 0 aliphatic rings. The van der Waals surface area contributed by atoms with Crippen LogP contribution in [0, 0.1) is 0 Å². The Morgan fingerprint density at radius 2 is 1.84 bits per heavy atom. The number of halogens is 1. The summed E-state index contributed by atoms with van der Waals surface area (Å²) in [5, 5.41) is 3.18. The lowest BCUT2D eigenvalue weighted by molar-refractivity contribution is 0.507. The Kier molecular flexibility index (Phi) is 8.06. The molecule has 1 unspecified atom stereocenters. The first-order valence-corrected chi connectivity index (χ1v) is 6.55. The van der Waals surface area contributed by atoms with Gasteiger partial charge in [0, 0.05) is 18.0 Å². The summed E-state index contributed by atoms with van der Waals surface area (Å²) in [6, 6.07) is 10.5. The first-order valence-electron chi connectivity index (χ1n) is 6.55. The first-order chi connectivity index (χ1) is 8.42. The quantitative estimate of drug-likeness (QED) is 0.481. The fraction of sp³-hybridized carbons (Fsp3) is 0.533. The monoisotopic (exact) mass is 375 g/mol. The molecule has 19 heavy (non-hydrogen) atoms. The van der Waals surface area contributed by atoms with E-state index in [1.54, 1.807) is 0 Å². The van der Waals surface area contributed by atoms with Gasteiger partial charge < -0.3 is 11.1 Å². The van der Waals surface area contributed by atoms with Gasteiger partial charge in [-0.1, -0.05) is 37.3 Å². The molecular weight excluding hydrogens is 349 g/mol. The van der Waals surface area contributed by atoms with Gasteiger partial charge in [0.05, 0.1) is 0 Å². The molecule has 1 aromatic rings. The summed E-state index contributed by atoms with van der Waals surface area (Å²) in [6.45, 7) is 9.13. The number of aliphatic imine (C=N–C) groups is 1. The number of hydrogen-bond donors (Lipinski definition) is 2. The fourth-order valence-corrected chi connectivity index (χ4v) is 1.83. The zero-order chi connectivity index (χ0) is 13.6. The zero-order valence-corrected chi connectivity index (χ0v) is 14.6. The van der Waals surface area contributed by atoms with Gasteiger partial charge in [-0.2, -0.15) is 0 Å². The first kappa shape index (κ1) is 18.2. The summed E-state index contributed by atoms with van der Waals surface area (Å²) >= 11 is 0. The van der Waals surface area contributed by atoms with Crippen LogP contribution in [0.4, 0.5) is 0 Å². The van der Waals surface area contributed by atoms with Crippen molar-refractivity contribution in [2.75, 3.05) is 6.54 Å². The van der Waals surface area contributed by atoms with E-state index in [4.69, 9.17) is 5.73 Å². The third-order valence-corrected chi connectivity index (χ3v) is 2.75. The summed E-state index contributed by atoms with van der Waals surface area (Å²) in [5.41, 5.74) is 7.17. The Morgan fingerprint density at radius 3 is 2.32 bits per heavy atom. The molecule has 0 aromatic heterocycles. The number of nitrogens with one attached hydrogen (secondary N) is 1. The van der Waals surface area contributed by atoms with Crippen molar-refractivity contribution in [2.24, 2.45) is 10.7 Å². The van der Waals surface area contributed by atoms with Crippen LogP contribution in [0.25, 0.3) is 0 Å². The van der Waals surface area contributed by atoms with Crippen molar-refractivity contribution in [1.82, 2.24) is 5.32 Å². The molecule has 0 bridgehead atoms. The van der Waals surface area contributed by atoms with E-state index in [-0.39, 0.29) is 29.5 Å². The minimum absolute atomic E-state index is 0. The summed E-state index contributed by atoms with van der Waals surface area (Å²) < 4.78 is 0. The predicted molar refractivity (Wildman–Crippen MR) is 94.3 cm³/mol. The number of guanidine groups is 1. The zero-order valence-electron chi connectivity index (χ0n) is 12.3. The van der Waals surface area contributed by atoms with E-state index in [1.165, 1.54) is 5.56 Å². The Hall–Kier alpha value is -0.780. The van der Waals surface area contributed by atoms with Crippen LogP contribution in [0.15, 0.2) is 35.3 Å². The molecule has 0 spiro atoms. The van der Waals surface area contributed by atoms with Crippen molar-refractivity contribution in [2.45, 2.75) is 45.6 Å². The average Bonchev–Trinajstić information content (AvgIpc) is 2.29. The van der Waals surface area contributed by atoms with Crippen LogP contribution in [0.5, 0.6) is 0 Å². The molecule has 0 saturated heterocycles.